The van der Waals surface area contributed by atoms with Gasteiger partial charge < -0.3 is 4.90 Å². The molecule has 0 saturated carbocycles. The summed E-state index contributed by atoms with van der Waals surface area (Å²) in [5.74, 6) is 0.0604. The molecular formula is C18H20F3N3O. The number of carbonyl (C=O) groups is 1. The molecule has 0 atom stereocenters. The predicted octanol–water partition coefficient (Wildman–Crippen LogP) is 3.53. The van der Waals surface area contributed by atoms with E-state index < -0.39 is 17.8 Å². The van der Waals surface area contributed by atoms with Crippen LogP contribution < -0.4 is 0 Å². The number of aromatic nitrogens is 2. The van der Waals surface area contributed by atoms with E-state index in [-0.39, 0.29) is 5.69 Å². The Morgan fingerprint density at radius 1 is 1.20 bits per heavy atom. The van der Waals surface area contributed by atoms with Gasteiger partial charge in [-0.3, -0.25) is 9.48 Å². The molecule has 1 aromatic heterocycles. The molecule has 2 aromatic rings. The second-order valence-corrected chi connectivity index (χ2v) is 6.46. The van der Waals surface area contributed by atoms with Gasteiger partial charge in [-0.25, -0.2) is 0 Å². The fourth-order valence-electron chi connectivity index (χ4n) is 3.29. The molecule has 0 bridgehead atoms. The van der Waals surface area contributed by atoms with Gasteiger partial charge in [0.2, 0.25) is 0 Å². The van der Waals surface area contributed by atoms with E-state index >= 15 is 0 Å². The van der Waals surface area contributed by atoms with Gasteiger partial charge in [0.1, 0.15) is 5.69 Å². The molecule has 1 aliphatic heterocycles. The van der Waals surface area contributed by atoms with E-state index in [0.717, 1.165) is 30.0 Å². The maximum Gasteiger partial charge on any atom is 0.433 e. The van der Waals surface area contributed by atoms with Crippen LogP contribution in [0.25, 0.3) is 0 Å². The van der Waals surface area contributed by atoms with E-state index in [2.05, 4.69) is 17.2 Å². The molecule has 0 radical (unpaired) electrons. The summed E-state index contributed by atoms with van der Waals surface area (Å²) in [7, 11) is 1.20. The lowest BCUT2D eigenvalue weighted by molar-refractivity contribution is -0.143. The SMILES string of the molecule is Cn1nc(C(=O)N2CCC(Cc3ccccc3)CC2)cc1C(F)(F)F. The average Bonchev–Trinajstić information content (AvgIpc) is 2.98. The monoisotopic (exact) mass is 351 g/mol. The number of hydrogen-bond acceptors (Lipinski definition) is 2. The number of nitrogens with zero attached hydrogens (tertiary/aromatic N) is 3. The largest absolute Gasteiger partial charge is 0.433 e. The first-order valence-corrected chi connectivity index (χ1v) is 8.29. The molecule has 25 heavy (non-hydrogen) atoms. The fraction of sp³-hybridized carbons (Fsp3) is 0.444. The summed E-state index contributed by atoms with van der Waals surface area (Å²) in [6, 6.07) is 11.0. The van der Waals surface area contributed by atoms with Crippen LogP contribution in [0.3, 0.4) is 0 Å². The molecule has 2 heterocycles. The van der Waals surface area contributed by atoms with Gasteiger partial charge in [-0.1, -0.05) is 30.3 Å². The number of likely N-dealkylation sites (tertiary alicyclic amines) is 1. The van der Waals surface area contributed by atoms with Crippen molar-refractivity contribution in [3.8, 4) is 0 Å². The van der Waals surface area contributed by atoms with Crippen molar-refractivity contribution < 1.29 is 18.0 Å². The second kappa shape index (κ2) is 6.90. The van der Waals surface area contributed by atoms with E-state index in [9.17, 15) is 18.0 Å². The molecule has 0 spiro atoms. The van der Waals surface area contributed by atoms with Crippen LogP contribution in [-0.2, 0) is 19.6 Å². The normalized spacial score (nSPS) is 16.2. The molecule has 0 unspecified atom stereocenters. The van der Waals surface area contributed by atoms with E-state index in [1.165, 1.54) is 12.6 Å². The summed E-state index contributed by atoms with van der Waals surface area (Å²) < 4.78 is 39.2. The third-order valence-corrected chi connectivity index (χ3v) is 4.66. The van der Waals surface area contributed by atoms with Crippen molar-refractivity contribution in [2.45, 2.75) is 25.4 Å². The van der Waals surface area contributed by atoms with E-state index in [0.29, 0.717) is 19.0 Å². The standard InChI is InChI=1S/C18H20F3N3O/c1-23-16(18(19,20)21)12-15(22-23)17(25)24-9-7-14(8-10-24)11-13-5-3-2-4-6-13/h2-6,12,14H,7-11H2,1H3. The third kappa shape index (κ3) is 4.03. The van der Waals surface area contributed by atoms with Crippen LogP contribution in [-0.4, -0.2) is 33.7 Å². The fourth-order valence-corrected chi connectivity index (χ4v) is 3.29. The van der Waals surface area contributed by atoms with Gasteiger partial charge in [-0.05, 0) is 30.7 Å². The molecule has 0 aliphatic carbocycles. The minimum Gasteiger partial charge on any atom is -0.337 e. The second-order valence-electron chi connectivity index (χ2n) is 6.46. The molecule has 1 saturated heterocycles. The first-order valence-electron chi connectivity index (χ1n) is 8.29. The van der Waals surface area contributed by atoms with Gasteiger partial charge in [0.15, 0.2) is 5.69 Å². The third-order valence-electron chi connectivity index (χ3n) is 4.66. The molecule has 0 N–H and O–H groups in total. The number of piperidine rings is 1. The summed E-state index contributed by atoms with van der Waals surface area (Å²) >= 11 is 0. The first kappa shape index (κ1) is 17.5. The van der Waals surface area contributed by atoms with Crippen LogP contribution in [0.5, 0.6) is 0 Å². The number of hydrogen-bond donors (Lipinski definition) is 0. The highest BCUT2D eigenvalue weighted by molar-refractivity contribution is 5.92. The number of aryl methyl sites for hydroxylation is 1. The number of rotatable bonds is 3. The topological polar surface area (TPSA) is 38.1 Å². The molecule has 134 valence electrons. The molecule has 1 aromatic carbocycles. The highest BCUT2D eigenvalue weighted by Gasteiger charge is 2.36. The summed E-state index contributed by atoms with van der Waals surface area (Å²) in [5, 5.41) is 3.74. The molecular weight excluding hydrogens is 331 g/mol. The van der Waals surface area contributed by atoms with Crippen LogP contribution in [0, 0.1) is 5.92 Å². The van der Waals surface area contributed by atoms with Gasteiger partial charge >= 0.3 is 6.18 Å². The lowest BCUT2D eigenvalue weighted by Gasteiger charge is -2.31. The Kier molecular flexibility index (Phi) is 4.83. The Balaban J connectivity index is 1.60. The minimum absolute atomic E-state index is 0.142. The minimum atomic E-state index is -4.51. The number of halogens is 3. The molecule has 1 aliphatic rings. The Morgan fingerprint density at radius 2 is 1.84 bits per heavy atom. The van der Waals surface area contributed by atoms with Crippen molar-refractivity contribution >= 4 is 5.91 Å². The number of carbonyl (C=O) groups excluding carboxylic acids is 1. The summed E-state index contributed by atoms with van der Waals surface area (Å²) in [4.78, 5) is 14.0. The molecule has 7 heteroatoms. The molecule has 1 fully saturated rings. The zero-order valence-electron chi connectivity index (χ0n) is 14.0. The van der Waals surface area contributed by atoms with Crippen molar-refractivity contribution in [1.29, 1.82) is 0 Å². The maximum atomic E-state index is 12.8. The summed E-state index contributed by atoms with van der Waals surface area (Å²) in [6.07, 6.45) is -1.85. The van der Waals surface area contributed by atoms with Crippen molar-refractivity contribution in [3.05, 3.63) is 53.3 Å². The lowest BCUT2D eigenvalue weighted by atomic mass is 9.90. The van der Waals surface area contributed by atoms with Crippen LogP contribution >= 0.6 is 0 Å². The highest BCUT2D eigenvalue weighted by atomic mass is 19.4. The number of alkyl halides is 3. The van der Waals surface area contributed by atoms with Gasteiger partial charge in [0.05, 0.1) is 0 Å². The Bertz CT molecular complexity index is 732. The zero-order chi connectivity index (χ0) is 18.0. The Labute approximate surface area is 144 Å². The Morgan fingerprint density at radius 3 is 2.40 bits per heavy atom. The van der Waals surface area contributed by atoms with Crippen LogP contribution in [0.1, 0.15) is 34.6 Å². The van der Waals surface area contributed by atoms with Gasteiger partial charge in [0, 0.05) is 26.2 Å². The highest BCUT2D eigenvalue weighted by Crippen LogP contribution is 2.30. The quantitative estimate of drug-likeness (QED) is 0.848. The van der Waals surface area contributed by atoms with Gasteiger partial charge in [-0.2, -0.15) is 18.3 Å². The van der Waals surface area contributed by atoms with Crippen molar-refractivity contribution in [2.24, 2.45) is 13.0 Å². The maximum absolute atomic E-state index is 12.8. The molecule has 3 rings (SSSR count). The van der Waals surface area contributed by atoms with Crippen molar-refractivity contribution in [3.63, 3.8) is 0 Å². The molecule has 4 nitrogen and oxygen atoms in total. The van der Waals surface area contributed by atoms with E-state index in [4.69, 9.17) is 0 Å². The van der Waals surface area contributed by atoms with Crippen molar-refractivity contribution in [2.75, 3.05) is 13.1 Å². The van der Waals surface area contributed by atoms with Gasteiger partial charge in [0.25, 0.3) is 5.91 Å². The first-order chi connectivity index (χ1) is 11.8. The summed E-state index contributed by atoms with van der Waals surface area (Å²) in [5.41, 5.74) is 0.220. The Hall–Kier alpha value is -2.31. The average molecular weight is 351 g/mol. The van der Waals surface area contributed by atoms with Crippen LogP contribution in [0.2, 0.25) is 0 Å². The van der Waals surface area contributed by atoms with E-state index in [1.54, 1.807) is 4.90 Å². The molecule has 1 amide bonds. The van der Waals surface area contributed by atoms with E-state index in [1.807, 2.05) is 18.2 Å². The van der Waals surface area contributed by atoms with Crippen LogP contribution in [0.15, 0.2) is 36.4 Å². The zero-order valence-corrected chi connectivity index (χ0v) is 14.0. The predicted molar refractivity (Wildman–Crippen MR) is 87.0 cm³/mol. The van der Waals surface area contributed by atoms with Gasteiger partial charge in [-0.15, -0.1) is 0 Å². The lowest BCUT2D eigenvalue weighted by Crippen LogP contribution is -2.39. The van der Waals surface area contributed by atoms with Crippen LogP contribution in [0.4, 0.5) is 13.2 Å². The number of amides is 1. The van der Waals surface area contributed by atoms with Crippen molar-refractivity contribution in [1.82, 2.24) is 14.7 Å². The smallest absolute Gasteiger partial charge is 0.337 e. The summed E-state index contributed by atoms with van der Waals surface area (Å²) in [6.45, 7) is 1.10. The number of benzene rings is 1.